The minimum atomic E-state index is -3.19. The molecule has 6 N–H and O–H groups in total. The monoisotopic (exact) mass is 502 g/mol. The summed E-state index contributed by atoms with van der Waals surface area (Å²) in [6, 6.07) is 3.70. The summed E-state index contributed by atoms with van der Waals surface area (Å²) in [5, 5.41) is 15.4. The van der Waals surface area contributed by atoms with Gasteiger partial charge in [-0.2, -0.15) is 0 Å². The van der Waals surface area contributed by atoms with E-state index in [0.29, 0.717) is 55.0 Å². The molecule has 3 rings (SSSR count). The zero-order chi connectivity index (χ0) is 25.6. The van der Waals surface area contributed by atoms with Crippen molar-refractivity contribution in [2.75, 3.05) is 38.5 Å². The fraction of sp³-hybridized carbons (Fsp3) is 0.520. The van der Waals surface area contributed by atoms with E-state index < -0.39 is 15.9 Å². The van der Waals surface area contributed by atoms with Crippen molar-refractivity contribution in [3.05, 3.63) is 41.2 Å². The summed E-state index contributed by atoms with van der Waals surface area (Å²) in [5.41, 5.74) is 9.19. The highest BCUT2D eigenvalue weighted by molar-refractivity contribution is 7.89. The third kappa shape index (κ3) is 6.50. The van der Waals surface area contributed by atoms with Gasteiger partial charge in [0.25, 0.3) is 5.91 Å². The molecule has 0 spiro atoms. The molecule has 192 valence electrons. The Morgan fingerprint density at radius 1 is 1.29 bits per heavy atom. The van der Waals surface area contributed by atoms with Crippen LogP contribution in [-0.4, -0.2) is 68.3 Å². The number of sulfonamides is 1. The SMILES string of the molecule is CCS(=O)(=O)N1CCC(c2c[nH]c3c(C(N)=O)cc(/C(C=N)=C/NCCNCC(C)C)cc23)CC1. The number of piperidine rings is 1. The maximum atomic E-state index is 12.3. The Morgan fingerprint density at radius 3 is 2.60 bits per heavy atom. The molecule has 9 nitrogen and oxygen atoms in total. The summed E-state index contributed by atoms with van der Waals surface area (Å²) >= 11 is 0. The summed E-state index contributed by atoms with van der Waals surface area (Å²) in [6.45, 7) is 9.41. The van der Waals surface area contributed by atoms with Gasteiger partial charge in [-0.15, -0.1) is 0 Å². The van der Waals surface area contributed by atoms with Gasteiger partial charge < -0.3 is 26.8 Å². The molecule has 1 aromatic heterocycles. The molecule has 0 unspecified atom stereocenters. The Balaban J connectivity index is 1.85. The molecule has 1 aliphatic heterocycles. The van der Waals surface area contributed by atoms with E-state index in [9.17, 15) is 13.2 Å². The summed E-state index contributed by atoms with van der Waals surface area (Å²) in [4.78, 5) is 15.5. The number of aromatic nitrogens is 1. The molecule has 1 fully saturated rings. The van der Waals surface area contributed by atoms with E-state index in [-0.39, 0.29) is 11.7 Å². The smallest absolute Gasteiger partial charge is 0.250 e. The zero-order valence-corrected chi connectivity index (χ0v) is 21.7. The maximum absolute atomic E-state index is 12.3. The number of H-pyrrole nitrogens is 1. The number of nitrogens with one attached hydrogen (secondary N) is 4. The zero-order valence-electron chi connectivity index (χ0n) is 20.9. The van der Waals surface area contributed by atoms with E-state index >= 15 is 0 Å². The van der Waals surface area contributed by atoms with Crippen molar-refractivity contribution in [2.24, 2.45) is 11.7 Å². The topological polar surface area (TPSA) is 144 Å². The summed E-state index contributed by atoms with van der Waals surface area (Å²) in [6.07, 6.45) is 6.38. The molecule has 1 aliphatic rings. The van der Waals surface area contributed by atoms with Crippen LogP contribution in [-0.2, 0) is 10.0 Å². The Bertz CT molecular complexity index is 1180. The number of hydrogen-bond donors (Lipinski definition) is 5. The van der Waals surface area contributed by atoms with Crippen LogP contribution in [0, 0.1) is 11.3 Å². The molecule has 2 heterocycles. The van der Waals surface area contributed by atoms with Crippen molar-refractivity contribution in [2.45, 2.75) is 39.5 Å². The van der Waals surface area contributed by atoms with E-state index in [1.165, 1.54) is 6.21 Å². The molecule has 0 bridgehead atoms. The lowest BCUT2D eigenvalue weighted by molar-refractivity contribution is 0.100. The van der Waals surface area contributed by atoms with E-state index in [1.54, 1.807) is 23.5 Å². The quantitative estimate of drug-likeness (QED) is 0.224. The van der Waals surface area contributed by atoms with Gasteiger partial charge in [-0.05, 0) is 61.4 Å². The minimum Gasteiger partial charge on any atom is -0.389 e. The first-order chi connectivity index (χ1) is 16.7. The Hall–Kier alpha value is -2.69. The van der Waals surface area contributed by atoms with Crippen molar-refractivity contribution in [1.82, 2.24) is 19.9 Å². The van der Waals surface area contributed by atoms with E-state index in [1.807, 2.05) is 12.3 Å². The lowest BCUT2D eigenvalue weighted by Gasteiger charge is -2.31. The number of carbonyl (C=O) groups is 1. The van der Waals surface area contributed by atoms with Crippen molar-refractivity contribution >= 4 is 38.6 Å². The fourth-order valence-corrected chi connectivity index (χ4v) is 5.65. The molecule has 1 amide bonds. The highest BCUT2D eigenvalue weighted by Crippen LogP contribution is 2.36. The average Bonchev–Trinajstić information content (AvgIpc) is 3.26. The summed E-state index contributed by atoms with van der Waals surface area (Å²) in [7, 11) is -3.19. The van der Waals surface area contributed by atoms with Crippen molar-refractivity contribution in [1.29, 1.82) is 5.41 Å². The minimum absolute atomic E-state index is 0.108. The van der Waals surface area contributed by atoms with Crippen molar-refractivity contribution < 1.29 is 13.2 Å². The largest absolute Gasteiger partial charge is 0.389 e. The van der Waals surface area contributed by atoms with Crippen LogP contribution >= 0.6 is 0 Å². The summed E-state index contributed by atoms with van der Waals surface area (Å²) in [5.74, 6) is 0.321. The van der Waals surface area contributed by atoms with E-state index in [4.69, 9.17) is 11.1 Å². The molecule has 0 aliphatic carbocycles. The fourth-order valence-electron chi connectivity index (χ4n) is 4.52. The van der Waals surface area contributed by atoms with Gasteiger partial charge in [0.2, 0.25) is 10.0 Å². The molecule has 1 saturated heterocycles. The highest BCUT2D eigenvalue weighted by atomic mass is 32.2. The van der Waals surface area contributed by atoms with E-state index in [0.717, 1.165) is 29.6 Å². The Labute approximate surface area is 208 Å². The normalized spacial score (nSPS) is 16.2. The molecular weight excluding hydrogens is 464 g/mol. The molecule has 0 radical (unpaired) electrons. The van der Waals surface area contributed by atoms with Crippen LogP contribution in [0.4, 0.5) is 0 Å². The number of benzene rings is 1. The van der Waals surface area contributed by atoms with Gasteiger partial charge >= 0.3 is 0 Å². The number of fused-ring (bicyclic) bond motifs is 1. The van der Waals surface area contributed by atoms with Gasteiger partial charge in [0.15, 0.2) is 0 Å². The molecule has 2 aromatic rings. The third-order valence-corrected chi connectivity index (χ3v) is 8.37. The maximum Gasteiger partial charge on any atom is 0.250 e. The van der Waals surface area contributed by atoms with Crippen LogP contribution < -0.4 is 16.4 Å². The number of amides is 1. The van der Waals surface area contributed by atoms with Crippen LogP contribution in [0.25, 0.3) is 16.5 Å². The highest BCUT2D eigenvalue weighted by Gasteiger charge is 2.29. The molecule has 35 heavy (non-hydrogen) atoms. The molecule has 0 saturated carbocycles. The molecule has 1 aromatic carbocycles. The molecule has 0 atom stereocenters. The van der Waals surface area contributed by atoms with Crippen LogP contribution in [0.2, 0.25) is 0 Å². The number of aromatic amines is 1. The van der Waals surface area contributed by atoms with Crippen LogP contribution in [0.3, 0.4) is 0 Å². The number of hydrogen-bond acceptors (Lipinski definition) is 6. The van der Waals surface area contributed by atoms with Crippen LogP contribution in [0.5, 0.6) is 0 Å². The van der Waals surface area contributed by atoms with Crippen LogP contribution in [0.1, 0.15) is 61.0 Å². The van der Waals surface area contributed by atoms with Gasteiger partial charge in [0.05, 0.1) is 16.8 Å². The third-order valence-electron chi connectivity index (χ3n) is 6.48. The van der Waals surface area contributed by atoms with Gasteiger partial charge in [-0.1, -0.05) is 13.8 Å². The molecule has 10 heteroatoms. The van der Waals surface area contributed by atoms with Crippen molar-refractivity contribution in [3.63, 3.8) is 0 Å². The second kappa shape index (κ2) is 11.8. The van der Waals surface area contributed by atoms with Gasteiger partial charge in [0.1, 0.15) is 0 Å². The first-order valence-corrected chi connectivity index (χ1v) is 13.9. The van der Waals surface area contributed by atoms with Crippen LogP contribution in [0.15, 0.2) is 24.5 Å². The van der Waals surface area contributed by atoms with Gasteiger partial charge in [-0.25, -0.2) is 12.7 Å². The standard InChI is InChI=1S/C25H38N6O3S/c1-4-35(33,34)31-9-5-18(6-10-31)23-16-30-24-21(23)11-19(12-22(24)25(27)32)20(13-26)15-29-8-7-28-14-17(2)3/h11-13,15-18,26,28-30H,4-10,14H2,1-3H3,(H2,27,32)/b20-15+,26-13?. The number of primary amides is 1. The predicted molar refractivity (Wildman–Crippen MR) is 142 cm³/mol. The first kappa shape index (κ1) is 26.9. The predicted octanol–water partition coefficient (Wildman–Crippen LogP) is 2.62. The Morgan fingerprint density at radius 2 is 2.00 bits per heavy atom. The number of nitrogens with zero attached hydrogens (tertiary/aromatic N) is 1. The molecular formula is C25H38N6O3S. The van der Waals surface area contributed by atoms with Gasteiger partial charge in [-0.3, -0.25) is 4.79 Å². The lowest BCUT2D eigenvalue weighted by Crippen LogP contribution is -2.38. The number of carbonyl (C=O) groups excluding carboxylic acids is 1. The Kier molecular flexibility index (Phi) is 9.09. The number of rotatable bonds is 12. The summed E-state index contributed by atoms with van der Waals surface area (Å²) < 4.78 is 26.0. The second-order valence-corrected chi connectivity index (χ2v) is 11.7. The van der Waals surface area contributed by atoms with Crippen molar-refractivity contribution in [3.8, 4) is 0 Å². The first-order valence-electron chi connectivity index (χ1n) is 12.3. The lowest BCUT2D eigenvalue weighted by atomic mass is 9.88. The van der Waals surface area contributed by atoms with Gasteiger partial charge in [0, 0.05) is 55.7 Å². The number of allylic oxidation sites excluding steroid dienone is 1. The second-order valence-electron chi connectivity index (χ2n) is 9.42. The average molecular weight is 503 g/mol. The number of nitrogens with two attached hydrogens (primary N) is 1. The van der Waals surface area contributed by atoms with E-state index in [2.05, 4.69) is 29.5 Å².